The Morgan fingerprint density at radius 2 is 1.70 bits per heavy atom. The van der Waals surface area contributed by atoms with Gasteiger partial charge in [-0.1, -0.05) is 58.0 Å². The summed E-state index contributed by atoms with van der Waals surface area (Å²) in [5.41, 5.74) is 1.65. The maximum absolute atomic E-state index is 3.67. The fourth-order valence-corrected chi connectivity index (χ4v) is 2.85. The van der Waals surface area contributed by atoms with Crippen molar-refractivity contribution >= 4 is 0 Å². The van der Waals surface area contributed by atoms with Gasteiger partial charge < -0.3 is 10.2 Å². The van der Waals surface area contributed by atoms with Crippen LogP contribution in [0.5, 0.6) is 0 Å². The zero-order valence-corrected chi connectivity index (χ0v) is 13.9. The molecule has 2 heteroatoms. The van der Waals surface area contributed by atoms with E-state index in [1.165, 1.54) is 5.56 Å². The SMILES string of the molecule is CCN(CC)CCNC(C)CC(C)(C)c1ccccc1. The number of nitrogens with zero attached hydrogens (tertiary/aromatic N) is 1. The lowest BCUT2D eigenvalue weighted by Gasteiger charge is -2.30. The molecule has 1 aromatic carbocycles. The van der Waals surface area contributed by atoms with Gasteiger partial charge in [-0.25, -0.2) is 0 Å². The molecule has 114 valence electrons. The van der Waals surface area contributed by atoms with Gasteiger partial charge in [0.1, 0.15) is 0 Å². The van der Waals surface area contributed by atoms with E-state index in [1.54, 1.807) is 0 Å². The Labute approximate surface area is 125 Å². The summed E-state index contributed by atoms with van der Waals surface area (Å²) in [6, 6.07) is 11.4. The Kier molecular flexibility index (Phi) is 7.25. The molecule has 1 unspecified atom stereocenters. The Bertz CT molecular complexity index is 355. The molecule has 0 aliphatic heterocycles. The fraction of sp³-hybridized carbons (Fsp3) is 0.667. The first-order valence-electron chi connectivity index (χ1n) is 8.00. The zero-order chi connectivity index (χ0) is 15.0. The van der Waals surface area contributed by atoms with Gasteiger partial charge in [-0.3, -0.25) is 0 Å². The highest BCUT2D eigenvalue weighted by Gasteiger charge is 2.22. The first-order chi connectivity index (χ1) is 9.49. The predicted octanol–water partition coefficient (Wildman–Crippen LogP) is 3.67. The van der Waals surface area contributed by atoms with Crippen LogP contribution < -0.4 is 5.32 Å². The van der Waals surface area contributed by atoms with Crippen LogP contribution in [-0.2, 0) is 5.41 Å². The Morgan fingerprint density at radius 3 is 2.25 bits per heavy atom. The molecule has 0 bridgehead atoms. The highest BCUT2D eigenvalue weighted by Crippen LogP contribution is 2.27. The van der Waals surface area contributed by atoms with E-state index in [0.717, 1.165) is 32.6 Å². The van der Waals surface area contributed by atoms with Crippen molar-refractivity contribution in [2.45, 2.75) is 52.5 Å². The van der Waals surface area contributed by atoms with Gasteiger partial charge in [0.25, 0.3) is 0 Å². The molecule has 0 aliphatic rings. The summed E-state index contributed by atoms with van der Waals surface area (Å²) in [5, 5.41) is 3.67. The van der Waals surface area contributed by atoms with Crippen molar-refractivity contribution in [2.75, 3.05) is 26.2 Å². The van der Waals surface area contributed by atoms with E-state index in [9.17, 15) is 0 Å². The fourth-order valence-electron chi connectivity index (χ4n) is 2.85. The summed E-state index contributed by atoms with van der Waals surface area (Å²) in [7, 11) is 0. The molecular formula is C18H32N2. The van der Waals surface area contributed by atoms with E-state index >= 15 is 0 Å². The van der Waals surface area contributed by atoms with Crippen LogP contribution in [0.25, 0.3) is 0 Å². The smallest absolute Gasteiger partial charge is 0.0107 e. The zero-order valence-electron chi connectivity index (χ0n) is 13.9. The summed E-state index contributed by atoms with van der Waals surface area (Å²) in [5.74, 6) is 0. The normalized spacial score (nSPS) is 13.7. The minimum absolute atomic E-state index is 0.225. The molecular weight excluding hydrogens is 244 g/mol. The van der Waals surface area contributed by atoms with Crippen molar-refractivity contribution in [3.63, 3.8) is 0 Å². The molecule has 0 heterocycles. The molecule has 0 saturated carbocycles. The van der Waals surface area contributed by atoms with Crippen molar-refractivity contribution in [3.05, 3.63) is 35.9 Å². The maximum atomic E-state index is 3.67. The van der Waals surface area contributed by atoms with E-state index < -0.39 is 0 Å². The van der Waals surface area contributed by atoms with Gasteiger partial charge >= 0.3 is 0 Å². The number of hydrogen-bond acceptors (Lipinski definition) is 2. The summed E-state index contributed by atoms with van der Waals surface area (Å²) >= 11 is 0. The van der Waals surface area contributed by atoms with E-state index in [4.69, 9.17) is 0 Å². The minimum Gasteiger partial charge on any atom is -0.313 e. The lowest BCUT2D eigenvalue weighted by Crippen LogP contribution is -2.38. The van der Waals surface area contributed by atoms with Gasteiger partial charge in [0.2, 0.25) is 0 Å². The van der Waals surface area contributed by atoms with E-state index in [2.05, 4.69) is 75.2 Å². The van der Waals surface area contributed by atoms with Crippen LogP contribution in [0, 0.1) is 0 Å². The summed E-state index contributed by atoms with van der Waals surface area (Å²) in [6.45, 7) is 15.9. The second-order valence-corrected chi connectivity index (χ2v) is 6.34. The van der Waals surface area contributed by atoms with E-state index in [-0.39, 0.29) is 5.41 Å². The topological polar surface area (TPSA) is 15.3 Å². The third-order valence-electron chi connectivity index (χ3n) is 4.19. The molecule has 0 aromatic heterocycles. The average molecular weight is 276 g/mol. The second-order valence-electron chi connectivity index (χ2n) is 6.34. The van der Waals surface area contributed by atoms with Gasteiger partial charge in [0.05, 0.1) is 0 Å². The van der Waals surface area contributed by atoms with Crippen molar-refractivity contribution in [1.29, 1.82) is 0 Å². The Morgan fingerprint density at radius 1 is 1.10 bits per heavy atom. The minimum atomic E-state index is 0.225. The molecule has 0 amide bonds. The van der Waals surface area contributed by atoms with Crippen LogP contribution in [0.1, 0.15) is 46.6 Å². The highest BCUT2D eigenvalue weighted by molar-refractivity contribution is 5.23. The Hall–Kier alpha value is -0.860. The third kappa shape index (κ3) is 5.64. The molecule has 1 atom stereocenters. The van der Waals surface area contributed by atoms with Crippen LogP contribution in [0.4, 0.5) is 0 Å². The number of nitrogens with one attached hydrogen (secondary N) is 1. The number of benzene rings is 1. The quantitative estimate of drug-likeness (QED) is 0.740. The largest absolute Gasteiger partial charge is 0.313 e. The van der Waals surface area contributed by atoms with E-state index in [1.807, 2.05) is 0 Å². The second kappa shape index (κ2) is 8.43. The van der Waals surface area contributed by atoms with Crippen LogP contribution in [0.3, 0.4) is 0 Å². The molecule has 0 saturated heterocycles. The average Bonchev–Trinajstić information content (AvgIpc) is 2.44. The third-order valence-corrected chi connectivity index (χ3v) is 4.19. The van der Waals surface area contributed by atoms with Gasteiger partial charge in [-0.2, -0.15) is 0 Å². The number of rotatable bonds is 9. The van der Waals surface area contributed by atoms with Crippen molar-refractivity contribution in [1.82, 2.24) is 10.2 Å². The molecule has 0 fully saturated rings. The van der Waals surface area contributed by atoms with Crippen LogP contribution in [-0.4, -0.2) is 37.1 Å². The van der Waals surface area contributed by atoms with E-state index in [0.29, 0.717) is 6.04 Å². The van der Waals surface area contributed by atoms with Crippen LogP contribution >= 0.6 is 0 Å². The van der Waals surface area contributed by atoms with Gasteiger partial charge in [-0.05, 0) is 37.4 Å². The monoisotopic (exact) mass is 276 g/mol. The lowest BCUT2D eigenvalue weighted by molar-refractivity contribution is 0.290. The summed E-state index contributed by atoms with van der Waals surface area (Å²) in [4.78, 5) is 2.46. The van der Waals surface area contributed by atoms with Crippen LogP contribution in [0.15, 0.2) is 30.3 Å². The first kappa shape index (κ1) is 17.2. The predicted molar refractivity (Wildman–Crippen MR) is 89.3 cm³/mol. The molecule has 1 rings (SSSR count). The molecule has 2 nitrogen and oxygen atoms in total. The molecule has 20 heavy (non-hydrogen) atoms. The van der Waals surface area contributed by atoms with Crippen molar-refractivity contribution in [2.24, 2.45) is 0 Å². The first-order valence-corrected chi connectivity index (χ1v) is 8.00. The number of hydrogen-bond donors (Lipinski definition) is 1. The van der Waals surface area contributed by atoms with Crippen LogP contribution in [0.2, 0.25) is 0 Å². The highest BCUT2D eigenvalue weighted by atomic mass is 15.1. The summed E-state index contributed by atoms with van der Waals surface area (Å²) in [6.07, 6.45) is 1.16. The van der Waals surface area contributed by atoms with Crippen molar-refractivity contribution in [3.8, 4) is 0 Å². The number of likely N-dealkylation sites (N-methyl/N-ethyl adjacent to an activating group) is 1. The van der Waals surface area contributed by atoms with Gasteiger partial charge in [0, 0.05) is 19.1 Å². The molecule has 1 N–H and O–H groups in total. The van der Waals surface area contributed by atoms with Gasteiger partial charge in [-0.15, -0.1) is 0 Å². The lowest BCUT2D eigenvalue weighted by atomic mass is 9.79. The molecule has 0 spiro atoms. The van der Waals surface area contributed by atoms with Crippen molar-refractivity contribution < 1.29 is 0 Å². The summed E-state index contributed by atoms with van der Waals surface area (Å²) < 4.78 is 0. The maximum Gasteiger partial charge on any atom is 0.0107 e. The molecule has 0 radical (unpaired) electrons. The molecule has 1 aromatic rings. The molecule has 0 aliphatic carbocycles. The van der Waals surface area contributed by atoms with Gasteiger partial charge in [0.15, 0.2) is 0 Å². The standard InChI is InChI=1S/C18H32N2/c1-6-20(7-2)14-13-19-16(3)15-18(4,5)17-11-9-8-10-12-17/h8-12,16,19H,6-7,13-15H2,1-5H3. The Balaban J connectivity index is 2.40.